The molecule has 0 unspecified atom stereocenters. The smallest absolute Gasteiger partial charge is 0.0639 e. The predicted molar refractivity (Wildman–Crippen MR) is 50.9 cm³/mol. The van der Waals surface area contributed by atoms with Crippen molar-refractivity contribution in [3.63, 3.8) is 0 Å². The van der Waals surface area contributed by atoms with Crippen LogP contribution in [-0.2, 0) is 0 Å². The van der Waals surface area contributed by atoms with Gasteiger partial charge in [-0.2, -0.15) is 0 Å². The molecule has 0 aliphatic heterocycles. The zero-order valence-electron chi connectivity index (χ0n) is 7.88. The SMILES string of the molecule is CC(=CCC/C(C)=C\CO)CO. The first kappa shape index (κ1) is 11.4. The van der Waals surface area contributed by atoms with Crippen molar-refractivity contribution in [3.8, 4) is 0 Å². The minimum Gasteiger partial charge on any atom is -0.392 e. The fourth-order valence-corrected chi connectivity index (χ4v) is 0.869. The van der Waals surface area contributed by atoms with Crippen LogP contribution in [0.2, 0.25) is 0 Å². The Bertz CT molecular complexity index is 169. The fourth-order valence-electron chi connectivity index (χ4n) is 0.869. The maximum absolute atomic E-state index is 8.68. The quantitative estimate of drug-likeness (QED) is 0.616. The Labute approximate surface area is 74.2 Å². The van der Waals surface area contributed by atoms with Crippen LogP contribution in [0.15, 0.2) is 23.3 Å². The lowest BCUT2D eigenvalue weighted by molar-refractivity contribution is 0.331. The highest BCUT2D eigenvalue weighted by Crippen LogP contribution is 2.05. The highest BCUT2D eigenvalue weighted by molar-refractivity contribution is 5.03. The van der Waals surface area contributed by atoms with Gasteiger partial charge in [-0.05, 0) is 26.7 Å². The van der Waals surface area contributed by atoms with Crippen LogP contribution >= 0.6 is 0 Å². The second-order valence-corrected chi connectivity index (χ2v) is 2.98. The normalized spacial score (nSPS) is 13.7. The van der Waals surface area contributed by atoms with Crippen LogP contribution in [0.4, 0.5) is 0 Å². The van der Waals surface area contributed by atoms with Gasteiger partial charge >= 0.3 is 0 Å². The summed E-state index contributed by atoms with van der Waals surface area (Å²) in [6, 6.07) is 0. The largest absolute Gasteiger partial charge is 0.392 e. The van der Waals surface area contributed by atoms with Gasteiger partial charge in [0.15, 0.2) is 0 Å². The minimum absolute atomic E-state index is 0.120. The molecule has 0 aromatic rings. The second-order valence-electron chi connectivity index (χ2n) is 2.98. The Balaban J connectivity index is 3.62. The summed E-state index contributed by atoms with van der Waals surface area (Å²) >= 11 is 0. The van der Waals surface area contributed by atoms with E-state index in [2.05, 4.69) is 0 Å². The highest BCUT2D eigenvalue weighted by atomic mass is 16.3. The maximum Gasteiger partial charge on any atom is 0.0639 e. The van der Waals surface area contributed by atoms with Gasteiger partial charge in [-0.15, -0.1) is 0 Å². The number of allylic oxidation sites excluding steroid dienone is 2. The van der Waals surface area contributed by atoms with E-state index in [-0.39, 0.29) is 13.2 Å². The molecule has 0 saturated carbocycles. The van der Waals surface area contributed by atoms with E-state index in [0.29, 0.717) is 0 Å². The molecule has 0 heterocycles. The van der Waals surface area contributed by atoms with Crippen molar-refractivity contribution in [1.29, 1.82) is 0 Å². The molecule has 0 aliphatic carbocycles. The van der Waals surface area contributed by atoms with Gasteiger partial charge in [0.25, 0.3) is 0 Å². The van der Waals surface area contributed by atoms with E-state index < -0.39 is 0 Å². The zero-order chi connectivity index (χ0) is 9.40. The van der Waals surface area contributed by atoms with E-state index in [4.69, 9.17) is 10.2 Å². The summed E-state index contributed by atoms with van der Waals surface area (Å²) in [6.45, 7) is 4.17. The van der Waals surface area contributed by atoms with Crippen LogP contribution in [0.1, 0.15) is 26.7 Å². The Hall–Kier alpha value is -0.600. The van der Waals surface area contributed by atoms with Gasteiger partial charge < -0.3 is 10.2 Å². The first-order valence-corrected chi connectivity index (χ1v) is 4.23. The molecule has 0 spiro atoms. The van der Waals surface area contributed by atoms with Crippen molar-refractivity contribution in [1.82, 2.24) is 0 Å². The van der Waals surface area contributed by atoms with Gasteiger partial charge in [0, 0.05) is 0 Å². The Morgan fingerprint density at radius 2 is 1.75 bits per heavy atom. The molecule has 2 nitrogen and oxygen atoms in total. The first-order chi connectivity index (χ1) is 5.70. The molecule has 0 aromatic carbocycles. The van der Waals surface area contributed by atoms with Crippen LogP contribution in [0.3, 0.4) is 0 Å². The molecule has 0 bridgehead atoms. The third kappa shape index (κ3) is 6.13. The third-order valence-corrected chi connectivity index (χ3v) is 1.72. The number of hydrogen-bond donors (Lipinski definition) is 2. The van der Waals surface area contributed by atoms with Crippen molar-refractivity contribution >= 4 is 0 Å². The summed E-state index contributed by atoms with van der Waals surface area (Å²) in [6.07, 6.45) is 5.73. The van der Waals surface area contributed by atoms with Crippen molar-refractivity contribution < 1.29 is 10.2 Å². The summed E-state index contributed by atoms with van der Waals surface area (Å²) < 4.78 is 0. The van der Waals surface area contributed by atoms with Crippen LogP contribution in [0, 0.1) is 0 Å². The predicted octanol–water partition coefficient (Wildman–Crippen LogP) is 1.64. The van der Waals surface area contributed by atoms with Crippen molar-refractivity contribution in [2.24, 2.45) is 0 Å². The summed E-state index contributed by atoms with van der Waals surface area (Å²) in [4.78, 5) is 0. The average molecular weight is 170 g/mol. The van der Waals surface area contributed by atoms with Gasteiger partial charge in [-0.1, -0.05) is 23.3 Å². The topological polar surface area (TPSA) is 40.5 Å². The molecule has 0 radical (unpaired) electrons. The number of hydrogen-bond acceptors (Lipinski definition) is 2. The molecule has 0 fully saturated rings. The lowest BCUT2D eigenvalue weighted by Gasteiger charge is -1.97. The molecule has 0 amide bonds. The van der Waals surface area contributed by atoms with Crippen LogP contribution in [-0.4, -0.2) is 23.4 Å². The van der Waals surface area contributed by atoms with E-state index in [0.717, 1.165) is 18.4 Å². The lowest BCUT2D eigenvalue weighted by Crippen LogP contribution is -1.85. The fraction of sp³-hybridized carbons (Fsp3) is 0.600. The van der Waals surface area contributed by atoms with Crippen LogP contribution in [0.25, 0.3) is 0 Å². The lowest BCUT2D eigenvalue weighted by atomic mass is 10.1. The molecule has 0 aliphatic rings. The van der Waals surface area contributed by atoms with Crippen molar-refractivity contribution in [3.05, 3.63) is 23.3 Å². The average Bonchev–Trinajstić information content (AvgIpc) is 2.04. The van der Waals surface area contributed by atoms with E-state index in [1.165, 1.54) is 5.57 Å². The second kappa shape index (κ2) is 7.07. The van der Waals surface area contributed by atoms with Gasteiger partial charge in [0.05, 0.1) is 13.2 Å². The Kier molecular flexibility index (Phi) is 6.72. The van der Waals surface area contributed by atoms with Gasteiger partial charge in [0.2, 0.25) is 0 Å². The van der Waals surface area contributed by atoms with Gasteiger partial charge in [-0.3, -0.25) is 0 Å². The molecule has 0 rings (SSSR count). The maximum atomic E-state index is 8.68. The molecular formula is C10H18O2. The van der Waals surface area contributed by atoms with Crippen LogP contribution in [0.5, 0.6) is 0 Å². The summed E-state index contributed by atoms with van der Waals surface area (Å²) in [7, 11) is 0. The molecule has 0 saturated heterocycles. The molecule has 2 heteroatoms. The Morgan fingerprint density at radius 3 is 2.25 bits per heavy atom. The third-order valence-electron chi connectivity index (χ3n) is 1.72. The molecule has 0 aromatic heterocycles. The summed E-state index contributed by atoms with van der Waals surface area (Å²) in [5.41, 5.74) is 2.20. The number of aliphatic hydroxyl groups excluding tert-OH is 2. The Morgan fingerprint density at radius 1 is 1.08 bits per heavy atom. The van der Waals surface area contributed by atoms with E-state index >= 15 is 0 Å². The number of rotatable bonds is 5. The van der Waals surface area contributed by atoms with Crippen molar-refractivity contribution in [2.75, 3.05) is 13.2 Å². The molecule has 12 heavy (non-hydrogen) atoms. The summed E-state index contributed by atoms with van der Waals surface area (Å²) in [5.74, 6) is 0. The monoisotopic (exact) mass is 170 g/mol. The van der Waals surface area contributed by atoms with E-state index in [1.54, 1.807) is 0 Å². The van der Waals surface area contributed by atoms with E-state index in [1.807, 2.05) is 26.0 Å². The van der Waals surface area contributed by atoms with Gasteiger partial charge in [-0.25, -0.2) is 0 Å². The molecular weight excluding hydrogens is 152 g/mol. The van der Waals surface area contributed by atoms with Gasteiger partial charge in [0.1, 0.15) is 0 Å². The summed E-state index contributed by atoms with van der Waals surface area (Å²) in [5, 5.41) is 17.2. The molecule has 70 valence electrons. The first-order valence-electron chi connectivity index (χ1n) is 4.23. The molecule has 0 atom stereocenters. The minimum atomic E-state index is 0.120. The highest BCUT2D eigenvalue weighted by Gasteiger charge is 1.88. The zero-order valence-corrected chi connectivity index (χ0v) is 7.88. The van der Waals surface area contributed by atoms with Crippen LogP contribution < -0.4 is 0 Å². The van der Waals surface area contributed by atoms with E-state index in [9.17, 15) is 0 Å². The number of aliphatic hydroxyl groups is 2. The molecule has 2 N–H and O–H groups in total. The standard InChI is InChI=1S/C10H18O2/c1-9(6-7-11)4-3-5-10(2)8-12/h5-6,11-12H,3-4,7-8H2,1-2H3/b9-6-,10-5?. The van der Waals surface area contributed by atoms with Crippen molar-refractivity contribution in [2.45, 2.75) is 26.7 Å².